The molecule has 1 saturated heterocycles. The molecule has 5 nitrogen and oxygen atoms in total. The van der Waals surface area contributed by atoms with Gasteiger partial charge >= 0.3 is 0 Å². The van der Waals surface area contributed by atoms with Gasteiger partial charge in [0.2, 0.25) is 15.9 Å². The van der Waals surface area contributed by atoms with Crippen molar-refractivity contribution in [1.82, 2.24) is 4.31 Å². The van der Waals surface area contributed by atoms with Crippen LogP contribution in [0.2, 0.25) is 0 Å². The number of nitrogens with one attached hydrogen (secondary N) is 1. The fraction of sp³-hybridized carbons (Fsp3) is 0.462. The van der Waals surface area contributed by atoms with E-state index >= 15 is 0 Å². The second-order valence-corrected chi connectivity index (χ2v) is 8.34. The Morgan fingerprint density at radius 2 is 2.00 bits per heavy atom. The molecule has 2 aliphatic rings. The lowest BCUT2D eigenvalue weighted by molar-refractivity contribution is -0.115. The molecule has 7 heteroatoms. The number of hydrogen-bond donors (Lipinski definition) is 1. The van der Waals surface area contributed by atoms with E-state index in [9.17, 15) is 13.2 Å². The van der Waals surface area contributed by atoms with Crippen molar-refractivity contribution in [2.75, 3.05) is 18.4 Å². The van der Waals surface area contributed by atoms with E-state index in [0.29, 0.717) is 18.8 Å². The van der Waals surface area contributed by atoms with E-state index in [2.05, 4.69) is 5.32 Å². The number of anilines is 1. The fourth-order valence-electron chi connectivity index (χ4n) is 2.43. The number of hydrogen-bond acceptors (Lipinski definition) is 4. The number of carbonyl (C=O) groups excluding carboxylic acids is 1. The largest absolute Gasteiger partial charge is 0.324 e. The van der Waals surface area contributed by atoms with E-state index in [1.54, 1.807) is 18.2 Å². The molecule has 3 rings (SSSR count). The zero-order valence-electron chi connectivity index (χ0n) is 11.1. The minimum absolute atomic E-state index is 0.0850. The molecule has 0 aliphatic carbocycles. The first-order valence-corrected chi connectivity index (χ1v) is 8.92. The molecule has 0 saturated carbocycles. The summed E-state index contributed by atoms with van der Waals surface area (Å²) in [4.78, 5) is 12.9. The maximum absolute atomic E-state index is 12.5. The summed E-state index contributed by atoms with van der Waals surface area (Å²) in [5.74, 6) is -0.0850. The lowest BCUT2D eigenvalue weighted by Gasteiger charge is -2.23. The number of carbonyl (C=O) groups is 1. The van der Waals surface area contributed by atoms with Crippen molar-refractivity contribution < 1.29 is 13.2 Å². The summed E-state index contributed by atoms with van der Waals surface area (Å²) in [6, 6.07) is 4.97. The molecule has 108 valence electrons. The number of rotatable bonds is 2. The van der Waals surface area contributed by atoms with Crippen LogP contribution in [0.5, 0.6) is 0 Å². The van der Waals surface area contributed by atoms with Gasteiger partial charge in [0.15, 0.2) is 0 Å². The number of fused-ring (bicyclic) bond motifs is 1. The maximum Gasteiger partial charge on any atom is 0.243 e. The summed E-state index contributed by atoms with van der Waals surface area (Å²) in [6.07, 6.45) is 1.82. The molecule has 20 heavy (non-hydrogen) atoms. The molecule has 1 fully saturated rings. The van der Waals surface area contributed by atoms with Gasteiger partial charge in [0.25, 0.3) is 0 Å². The van der Waals surface area contributed by atoms with Gasteiger partial charge in [-0.15, -0.1) is 11.8 Å². The summed E-state index contributed by atoms with van der Waals surface area (Å²) in [6.45, 7) is 2.99. The van der Waals surface area contributed by atoms with Gasteiger partial charge in [-0.1, -0.05) is 0 Å². The number of thioether (sulfide) groups is 1. The zero-order valence-corrected chi connectivity index (χ0v) is 12.8. The maximum atomic E-state index is 12.5. The van der Waals surface area contributed by atoms with E-state index in [1.165, 1.54) is 16.1 Å². The van der Waals surface area contributed by atoms with Crippen LogP contribution in [-0.4, -0.2) is 37.0 Å². The number of sulfonamides is 1. The van der Waals surface area contributed by atoms with Gasteiger partial charge in [-0.05, 0) is 38.0 Å². The average molecular weight is 312 g/mol. The van der Waals surface area contributed by atoms with Gasteiger partial charge in [-0.25, -0.2) is 8.42 Å². The van der Waals surface area contributed by atoms with Crippen LogP contribution in [0.3, 0.4) is 0 Å². The van der Waals surface area contributed by atoms with E-state index in [0.717, 1.165) is 17.7 Å². The molecule has 0 radical (unpaired) electrons. The van der Waals surface area contributed by atoms with Crippen molar-refractivity contribution in [1.29, 1.82) is 0 Å². The van der Waals surface area contributed by atoms with Crippen molar-refractivity contribution in [3.63, 3.8) is 0 Å². The van der Waals surface area contributed by atoms with Crippen molar-refractivity contribution in [2.45, 2.75) is 34.8 Å². The molecule has 1 aromatic rings. The highest BCUT2D eigenvalue weighted by Gasteiger charge is 2.29. The fourth-order valence-corrected chi connectivity index (χ4v) is 4.90. The Hall–Kier alpha value is -1.05. The predicted molar refractivity (Wildman–Crippen MR) is 78.4 cm³/mol. The molecular weight excluding hydrogens is 296 g/mol. The Bertz CT molecular complexity index is 652. The third kappa shape index (κ3) is 2.34. The molecule has 2 heterocycles. The molecule has 0 bridgehead atoms. The number of amides is 1. The van der Waals surface area contributed by atoms with Gasteiger partial charge < -0.3 is 5.32 Å². The Balaban J connectivity index is 1.96. The Morgan fingerprint density at radius 1 is 1.30 bits per heavy atom. The Labute approximate surface area is 122 Å². The first-order valence-electron chi connectivity index (χ1n) is 6.60. The van der Waals surface area contributed by atoms with Crippen LogP contribution in [0.15, 0.2) is 28.0 Å². The Kier molecular flexibility index (Phi) is 3.51. The zero-order chi connectivity index (χ0) is 14.3. The van der Waals surface area contributed by atoms with Gasteiger partial charge in [0, 0.05) is 18.0 Å². The first-order chi connectivity index (χ1) is 9.48. The van der Waals surface area contributed by atoms with Gasteiger partial charge in [-0.2, -0.15) is 4.31 Å². The smallest absolute Gasteiger partial charge is 0.243 e. The van der Waals surface area contributed by atoms with Crippen molar-refractivity contribution in [2.24, 2.45) is 0 Å². The summed E-state index contributed by atoms with van der Waals surface area (Å²) in [7, 11) is -3.43. The third-order valence-corrected chi connectivity index (χ3v) is 6.66. The topological polar surface area (TPSA) is 66.5 Å². The standard InChI is InChI=1S/C13H16N2O3S2/c1-9-13(16)14-11-8-10(4-5-12(11)19-9)20(17,18)15-6-2-3-7-15/h4-5,8-9H,2-3,6-7H2,1H3,(H,14,16). The number of nitrogens with zero attached hydrogens (tertiary/aromatic N) is 1. The minimum atomic E-state index is -3.43. The normalized spacial score (nSPS) is 23.4. The SMILES string of the molecule is CC1Sc2ccc(S(=O)(=O)N3CCCC3)cc2NC1=O. The molecule has 1 aromatic carbocycles. The van der Waals surface area contributed by atoms with E-state index in [4.69, 9.17) is 0 Å². The molecule has 2 aliphatic heterocycles. The minimum Gasteiger partial charge on any atom is -0.324 e. The van der Waals surface area contributed by atoms with Crippen LogP contribution in [0.25, 0.3) is 0 Å². The molecule has 1 unspecified atom stereocenters. The van der Waals surface area contributed by atoms with Gasteiger partial charge in [-0.3, -0.25) is 4.79 Å². The monoisotopic (exact) mass is 312 g/mol. The molecule has 0 aromatic heterocycles. The van der Waals surface area contributed by atoms with Crippen LogP contribution >= 0.6 is 11.8 Å². The highest BCUT2D eigenvalue weighted by molar-refractivity contribution is 8.01. The van der Waals surface area contributed by atoms with Crippen LogP contribution in [0, 0.1) is 0 Å². The highest BCUT2D eigenvalue weighted by Crippen LogP contribution is 2.37. The van der Waals surface area contributed by atoms with Gasteiger partial charge in [0.05, 0.1) is 15.8 Å². The van der Waals surface area contributed by atoms with E-state index in [-0.39, 0.29) is 16.1 Å². The third-order valence-electron chi connectivity index (χ3n) is 3.58. The second kappa shape index (κ2) is 5.05. The molecular formula is C13H16N2O3S2. The lowest BCUT2D eigenvalue weighted by Crippen LogP contribution is -2.29. The van der Waals surface area contributed by atoms with Crippen LogP contribution in [0.1, 0.15) is 19.8 Å². The molecule has 1 amide bonds. The van der Waals surface area contributed by atoms with E-state index < -0.39 is 10.0 Å². The van der Waals surface area contributed by atoms with Crippen molar-refractivity contribution in [3.05, 3.63) is 18.2 Å². The summed E-state index contributed by atoms with van der Waals surface area (Å²) >= 11 is 1.45. The van der Waals surface area contributed by atoms with Crippen molar-refractivity contribution in [3.8, 4) is 0 Å². The second-order valence-electron chi connectivity index (χ2n) is 5.02. The summed E-state index contributed by atoms with van der Waals surface area (Å²) in [5.41, 5.74) is 0.596. The van der Waals surface area contributed by atoms with Gasteiger partial charge in [0.1, 0.15) is 0 Å². The quantitative estimate of drug-likeness (QED) is 0.906. The average Bonchev–Trinajstić information content (AvgIpc) is 2.94. The van der Waals surface area contributed by atoms with Crippen LogP contribution in [-0.2, 0) is 14.8 Å². The predicted octanol–water partition coefficient (Wildman–Crippen LogP) is 1.90. The molecule has 0 spiro atoms. The first kappa shape index (κ1) is 13.9. The van der Waals surface area contributed by atoms with Crippen molar-refractivity contribution >= 4 is 33.4 Å². The molecule has 1 N–H and O–H groups in total. The number of benzene rings is 1. The van der Waals surface area contributed by atoms with Crippen LogP contribution < -0.4 is 5.32 Å². The Morgan fingerprint density at radius 3 is 2.70 bits per heavy atom. The highest BCUT2D eigenvalue weighted by atomic mass is 32.2. The lowest BCUT2D eigenvalue weighted by atomic mass is 10.3. The van der Waals surface area contributed by atoms with E-state index in [1.807, 2.05) is 6.92 Å². The summed E-state index contributed by atoms with van der Waals surface area (Å²) in [5, 5.41) is 2.62. The molecule has 1 atom stereocenters. The summed E-state index contributed by atoms with van der Waals surface area (Å²) < 4.78 is 26.5. The van der Waals surface area contributed by atoms with Crippen LogP contribution in [0.4, 0.5) is 5.69 Å².